The molecule has 0 radical (unpaired) electrons. The molecule has 2 amide bonds. The SMILES string of the molecule is CN(CC(N)=O)C(=O)C1CC1c1ccccc1Cl. The molecule has 0 saturated heterocycles. The van der Waals surface area contributed by atoms with Gasteiger partial charge in [0.05, 0.1) is 6.54 Å². The van der Waals surface area contributed by atoms with Gasteiger partial charge < -0.3 is 10.6 Å². The molecule has 1 saturated carbocycles. The first-order valence-electron chi connectivity index (χ1n) is 5.78. The number of rotatable bonds is 4. The highest BCUT2D eigenvalue weighted by Gasteiger charge is 2.46. The molecule has 2 rings (SSSR count). The summed E-state index contributed by atoms with van der Waals surface area (Å²) in [7, 11) is 1.59. The minimum atomic E-state index is -0.499. The summed E-state index contributed by atoms with van der Waals surface area (Å²) in [5.41, 5.74) is 6.07. The number of hydrogen-bond acceptors (Lipinski definition) is 2. The topological polar surface area (TPSA) is 63.4 Å². The lowest BCUT2D eigenvalue weighted by atomic mass is 10.1. The van der Waals surface area contributed by atoms with E-state index >= 15 is 0 Å². The molecule has 0 aliphatic heterocycles. The Kier molecular flexibility index (Phi) is 3.57. The van der Waals surface area contributed by atoms with Gasteiger partial charge in [-0.05, 0) is 24.0 Å². The third-order valence-electron chi connectivity index (χ3n) is 3.18. The van der Waals surface area contributed by atoms with Crippen LogP contribution >= 0.6 is 11.6 Å². The minimum absolute atomic E-state index is 0.0371. The molecular weight excluding hydrogens is 252 g/mol. The number of amides is 2. The summed E-state index contributed by atoms with van der Waals surface area (Å²) in [6.07, 6.45) is 0.783. The summed E-state index contributed by atoms with van der Waals surface area (Å²) in [5.74, 6) is -0.449. The molecule has 1 aliphatic rings. The van der Waals surface area contributed by atoms with E-state index in [-0.39, 0.29) is 24.3 Å². The Morgan fingerprint density at radius 1 is 1.44 bits per heavy atom. The molecule has 0 heterocycles. The van der Waals surface area contributed by atoms with Gasteiger partial charge in [-0.25, -0.2) is 0 Å². The molecule has 5 heteroatoms. The first-order chi connectivity index (χ1) is 8.50. The molecule has 0 bridgehead atoms. The maximum absolute atomic E-state index is 12.0. The van der Waals surface area contributed by atoms with Gasteiger partial charge in [0.25, 0.3) is 0 Å². The second kappa shape index (κ2) is 4.98. The maximum atomic E-state index is 12.0. The monoisotopic (exact) mass is 266 g/mol. The molecule has 1 aliphatic carbocycles. The van der Waals surface area contributed by atoms with Crippen molar-refractivity contribution in [3.05, 3.63) is 34.9 Å². The number of nitrogens with two attached hydrogens (primary N) is 1. The lowest BCUT2D eigenvalue weighted by Crippen LogP contribution is -2.36. The quantitative estimate of drug-likeness (QED) is 0.895. The van der Waals surface area contributed by atoms with Crippen LogP contribution in [0, 0.1) is 5.92 Å². The van der Waals surface area contributed by atoms with E-state index in [0.29, 0.717) is 5.02 Å². The number of hydrogen-bond donors (Lipinski definition) is 1. The van der Waals surface area contributed by atoms with Gasteiger partial charge in [0.2, 0.25) is 11.8 Å². The van der Waals surface area contributed by atoms with Crippen LogP contribution in [0.25, 0.3) is 0 Å². The van der Waals surface area contributed by atoms with E-state index in [1.165, 1.54) is 4.90 Å². The van der Waals surface area contributed by atoms with Crippen molar-refractivity contribution in [2.45, 2.75) is 12.3 Å². The van der Waals surface area contributed by atoms with E-state index in [2.05, 4.69) is 0 Å². The zero-order valence-electron chi connectivity index (χ0n) is 10.1. The van der Waals surface area contributed by atoms with Crippen LogP contribution in [0.4, 0.5) is 0 Å². The second-order valence-electron chi connectivity index (χ2n) is 4.63. The molecule has 1 fully saturated rings. The van der Waals surface area contributed by atoms with E-state index in [9.17, 15) is 9.59 Å². The molecule has 0 spiro atoms. The molecule has 4 nitrogen and oxygen atoms in total. The average Bonchev–Trinajstić information content (AvgIpc) is 3.07. The van der Waals surface area contributed by atoms with Crippen molar-refractivity contribution in [2.24, 2.45) is 11.7 Å². The lowest BCUT2D eigenvalue weighted by molar-refractivity contribution is -0.134. The van der Waals surface area contributed by atoms with Gasteiger partial charge in [-0.3, -0.25) is 9.59 Å². The number of halogens is 1. The van der Waals surface area contributed by atoms with Crippen molar-refractivity contribution in [3.8, 4) is 0 Å². The Morgan fingerprint density at radius 3 is 2.72 bits per heavy atom. The van der Waals surface area contributed by atoms with Crippen LogP contribution in [0.1, 0.15) is 17.9 Å². The molecule has 2 N–H and O–H groups in total. The van der Waals surface area contributed by atoms with Gasteiger partial charge in [0.15, 0.2) is 0 Å². The van der Waals surface area contributed by atoms with Crippen LogP contribution in [0.3, 0.4) is 0 Å². The smallest absolute Gasteiger partial charge is 0.237 e. The second-order valence-corrected chi connectivity index (χ2v) is 5.04. The number of primary amides is 1. The van der Waals surface area contributed by atoms with Crippen molar-refractivity contribution in [1.82, 2.24) is 4.90 Å². The van der Waals surface area contributed by atoms with E-state index in [1.807, 2.05) is 24.3 Å². The summed E-state index contributed by atoms with van der Waals surface area (Å²) in [4.78, 5) is 24.2. The molecule has 2 atom stereocenters. The standard InChI is InChI=1S/C13H15ClN2O2/c1-16(7-12(15)17)13(18)10-6-9(10)8-4-2-3-5-11(8)14/h2-5,9-10H,6-7H2,1H3,(H2,15,17). The van der Waals surface area contributed by atoms with Gasteiger partial charge in [-0.15, -0.1) is 0 Å². The predicted molar refractivity (Wildman–Crippen MR) is 69.1 cm³/mol. The van der Waals surface area contributed by atoms with Gasteiger partial charge in [-0.2, -0.15) is 0 Å². The molecule has 0 aromatic heterocycles. The third-order valence-corrected chi connectivity index (χ3v) is 3.53. The summed E-state index contributed by atoms with van der Waals surface area (Å²) in [6, 6.07) is 7.54. The third kappa shape index (κ3) is 2.64. The van der Waals surface area contributed by atoms with Crippen LogP contribution in [0.15, 0.2) is 24.3 Å². The zero-order chi connectivity index (χ0) is 13.3. The molecule has 1 aromatic rings. The number of likely N-dealkylation sites (N-methyl/N-ethyl adjacent to an activating group) is 1. The fourth-order valence-electron chi connectivity index (χ4n) is 2.18. The van der Waals surface area contributed by atoms with Gasteiger partial charge in [0.1, 0.15) is 0 Å². The van der Waals surface area contributed by atoms with Gasteiger partial charge in [0, 0.05) is 18.0 Å². The highest BCUT2D eigenvalue weighted by molar-refractivity contribution is 6.31. The highest BCUT2D eigenvalue weighted by atomic mass is 35.5. The summed E-state index contributed by atoms with van der Waals surface area (Å²) < 4.78 is 0. The summed E-state index contributed by atoms with van der Waals surface area (Å²) in [6.45, 7) is -0.0371. The Hall–Kier alpha value is -1.55. The largest absolute Gasteiger partial charge is 0.368 e. The molecule has 2 unspecified atom stereocenters. The Morgan fingerprint density at radius 2 is 2.11 bits per heavy atom. The average molecular weight is 267 g/mol. The number of carbonyl (C=O) groups is 2. The van der Waals surface area contributed by atoms with Gasteiger partial charge >= 0.3 is 0 Å². The van der Waals surface area contributed by atoms with Gasteiger partial charge in [-0.1, -0.05) is 29.8 Å². The highest BCUT2D eigenvalue weighted by Crippen LogP contribution is 2.50. The van der Waals surface area contributed by atoms with Crippen LogP contribution in [-0.4, -0.2) is 30.3 Å². The van der Waals surface area contributed by atoms with Crippen molar-refractivity contribution >= 4 is 23.4 Å². The van der Waals surface area contributed by atoms with Crippen molar-refractivity contribution in [2.75, 3.05) is 13.6 Å². The van der Waals surface area contributed by atoms with Crippen LogP contribution in [-0.2, 0) is 9.59 Å². The summed E-state index contributed by atoms with van der Waals surface area (Å²) >= 11 is 6.09. The maximum Gasteiger partial charge on any atom is 0.237 e. The van der Waals surface area contributed by atoms with Crippen molar-refractivity contribution in [1.29, 1.82) is 0 Å². The number of benzene rings is 1. The predicted octanol–water partition coefficient (Wildman–Crippen LogP) is 1.39. The van der Waals surface area contributed by atoms with E-state index in [4.69, 9.17) is 17.3 Å². The molecular formula is C13H15ClN2O2. The van der Waals surface area contributed by atoms with Crippen LogP contribution in [0.2, 0.25) is 5.02 Å². The van der Waals surface area contributed by atoms with Crippen LogP contribution in [0.5, 0.6) is 0 Å². The minimum Gasteiger partial charge on any atom is -0.368 e. The first kappa shape index (κ1) is 12.9. The van der Waals surface area contributed by atoms with Crippen LogP contribution < -0.4 is 5.73 Å². The zero-order valence-corrected chi connectivity index (χ0v) is 10.9. The molecule has 1 aromatic carbocycles. The Bertz CT molecular complexity index is 490. The Balaban J connectivity index is 2.01. The number of nitrogens with zero attached hydrogens (tertiary/aromatic N) is 1. The fraction of sp³-hybridized carbons (Fsp3) is 0.385. The lowest BCUT2D eigenvalue weighted by Gasteiger charge is -2.15. The summed E-state index contributed by atoms with van der Waals surface area (Å²) in [5, 5.41) is 0.690. The molecule has 18 heavy (non-hydrogen) atoms. The van der Waals surface area contributed by atoms with E-state index in [1.54, 1.807) is 7.05 Å². The molecule has 96 valence electrons. The van der Waals surface area contributed by atoms with E-state index in [0.717, 1.165) is 12.0 Å². The number of carbonyl (C=O) groups excluding carboxylic acids is 2. The van der Waals surface area contributed by atoms with E-state index < -0.39 is 5.91 Å². The van der Waals surface area contributed by atoms with Crippen molar-refractivity contribution < 1.29 is 9.59 Å². The van der Waals surface area contributed by atoms with Crippen molar-refractivity contribution in [3.63, 3.8) is 0 Å². The normalized spacial score (nSPS) is 21.4. The first-order valence-corrected chi connectivity index (χ1v) is 6.16. The fourth-order valence-corrected chi connectivity index (χ4v) is 2.46. The Labute approximate surface area is 111 Å².